The Kier molecular flexibility index (Phi) is 3.76. The molecule has 1 aliphatic carbocycles. The Morgan fingerprint density at radius 1 is 1.43 bits per heavy atom. The average Bonchev–Trinajstić information content (AvgIpc) is 2.97. The van der Waals surface area contributed by atoms with Gasteiger partial charge in [-0.3, -0.25) is 10.1 Å². The number of aliphatic carboxylic acids is 1. The van der Waals surface area contributed by atoms with E-state index in [4.69, 9.17) is 0 Å². The van der Waals surface area contributed by atoms with Crippen molar-refractivity contribution >= 4 is 39.9 Å². The van der Waals surface area contributed by atoms with Gasteiger partial charge in [0.15, 0.2) is 0 Å². The van der Waals surface area contributed by atoms with Gasteiger partial charge in [-0.05, 0) is 59.4 Å². The number of nitro groups is 1. The fourth-order valence-electron chi connectivity index (χ4n) is 3.76. The normalized spacial score (nSPS) is 27.7. The molecule has 0 radical (unpaired) electrons. The summed E-state index contributed by atoms with van der Waals surface area (Å²) < 4.78 is 0.773. The maximum Gasteiger partial charge on any atom is 0.326 e. The zero-order valence-electron chi connectivity index (χ0n) is 11.2. The molecule has 3 rings (SSSR count). The third-order valence-corrected chi connectivity index (χ3v) is 5.26. The standard InChI is InChI=1S/C14H15IN2O4/c15-9-4-5-11(12(6-9)17(20)21)16-7-8-2-1-3-10(8)13(16)14(18)19/h4-6,8,10,13H,1-3,7H2,(H,18,19). The highest BCUT2D eigenvalue weighted by atomic mass is 127. The second-order valence-corrected chi connectivity index (χ2v) is 6.93. The van der Waals surface area contributed by atoms with Crippen LogP contribution >= 0.6 is 22.6 Å². The van der Waals surface area contributed by atoms with Crippen LogP contribution in [-0.4, -0.2) is 28.6 Å². The van der Waals surface area contributed by atoms with E-state index in [2.05, 4.69) is 0 Å². The minimum Gasteiger partial charge on any atom is -0.480 e. The second kappa shape index (κ2) is 5.43. The van der Waals surface area contributed by atoms with Gasteiger partial charge in [-0.25, -0.2) is 4.79 Å². The maximum absolute atomic E-state index is 11.7. The number of benzene rings is 1. The minimum absolute atomic E-state index is 0.00637. The van der Waals surface area contributed by atoms with Gasteiger partial charge >= 0.3 is 5.97 Å². The Balaban J connectivity index is 2.03. The van der Waals surface area contributed by atoms with Crippen LogP contribution in [0.25, 0.3) is 0 Å². The van der Waals surface area contributed by atoms with Gasteiger partial charge in [0.05, 0.1) is 4.92 Å². The molecule has 1 aromatic rings. The minimum atomic E-state index is -0.878. The number of halogens is 1. The SMILES string of the molecule is O=C(O)C1C2CCCC2CN1c1ccc(I)cc1[N+](=O)[O-]. The number of anilines is 1. The fourth-order valence-corrected chi connectivity index (χ4v) is 4.23. The summed E-state index contributed by atoms with van der Waals surface area (Å²) in [6.07, 6.45) is 2.97. The molecule has 6 nitrogen and oxygen atoms in total. The van der Waals surface area contributed by atoms with E-state index in [1.807, 2.05) is 22.6 Å². The van der Waals surface area contributed by atoms with Crippen LogP contribution in [0.5, 0.6) is 0 Å². The van der Waals surface area contributed by atoms with Crippen molar-refractivity contribution in [1.82, 2.24) is 0 Å². The lowest BCUT2D eigenvalue weighted by Crippen LogP contribution is -2.40. The van der Waals surface area contributed by atoms with E-state index in [0.717, 1.165) is 22.8 Å². The topological polar surface area (TPSA) is 83.7 Å². The molecule has 0 spiro atoms. The number of carboxylic acids is 1. The second-order valence-electron chi connectivity index (χ2n) is 5.68. The van der Waals surface area contributed by atoms with Crippen LogP contribution in [0.15, 0.2) is 18.2 Å². The highest BCUT2D eigenvalue weighted by Gasteiger charge is 2.49. The number of hydrogen-bond donors (Lipinski definition) is 1. The molecule has 3 atom stereocenters. The van der Waals surface area contributed by atoms with E-state index >= 15 is 0 Å². The number of carboxylic acid groups (broad SMARTS) is 1. The first-order chi connectivity index (χ1) is 9.99. The number of hydrogen-bond acceptors (Lipinski definition) is 4. The molecule has 1 aromatic carbocycles. The van der Waals surface area contributed by atoms with Crippen molar-refractivity contribution in [2.45, 2.75) is 25.3 Å². The summed E-state index contributed by atoms with van der Waals surface area (Å²) in [6.45, 7) is 0.600. The van der Waals surface area contributed by atoms with Crippen molar-refractivity contribution in [3.63, 3.8) is 0 Å². The highest BCUT2D eigenvalue weighted by molar-refractivity contribution is 14.1. The molecule has 1 saturated heterocycles. The Morgan fingerprint density at radius 3 is 2.86 bits per heavy atom. The lowest BCUT2D eigenvalue weighted by Gasteiger charge is -2.26. The molecule has 0 aromatic heterocycles. The van der Waals surface area contributed by atoms with Crippen molar-refractivity contribution in [2.75, 3.05) is 11.4 Å². The third-order valence-electron chi connectivity index (χ3n) is 4.59. The van der Waals surface area contributed by atoms with Crippen LogP contribution in [0.2, 0.25) is 0 Å². The number of nitro benzene ring substituents is 1. The quantitative estimate of drug-likeness (QED) is 0.478. The Bertz CT molecular complexity index is 607. The fraction of sp³-hybridized carbons (Fsp3) is 0.500. The number of carbonyl (C=O) groups is 1. The van der Waals surface area contributed by atoms with Gasteiger partial charge in [-0.1, -0.05) is 6.42 Å². The molecule has 0 amide bonds. The zero-order valence-corrected chi connectivity index (χ0v) is 13.4. The summed E-state index contributed by atoms with van der Waals surface area (Å²) in [5, 5.41) is 20.8. The van der Waals surface area contributed by atoms with Crippen LogP contribution in [-0.2, 0) is 4.79 Å². The summed E-state index contributed by atoms with van der Waals surface area (Å²) in [4.78, 5) is 24.2. The largest absolute Gasteiger partial charge is 0.480 e. The van der Waals surface area contributed by atoms with Gasteiger partial charge in [0.25, 0.3) is 5.69 Å². The van der Waals surface area contributed by atoms with E-state index in [-0.39, 0.29) is 11.6 Å². The first kappa shape index (κ1) is 14.6. The first-order valence-electron chi connectivity index (χ1n) is 6.92. The molecule has 21 heavy (non-hydrogen) atoms. The molecule has 1 N–H and O–H groups in total. The lowest BCUT2D eigenvalue weighted by molar-refractivity contribution is -0.384. The van der Waals surface area contributed by atoms with Crippen molar-refractivity contribution in [1.29, 1.82) is 0 Å². The molecule has 7 heteroatoms. The lowest BCUT2D eigenvalue weighted by atomic mass is 9.94. The van der Waals surface area contributed by atoms with Crippen LogP contribution in [0.3, 0.4) is 0 Å². The van der Waals surface area contributed by atoms with E-state index < -0.39 is 16.9 Å². The Morgan fingerprint density at radius 2 is 2.19 bits per heavy atom. The summed E-state index contributed by atoms with van der Waals surface area (Å²) >= 11 is 2.02. The van der Waals surface area contributed by atoms with E-state index in [0.29, 0.717) is 18.2 Å². The molecule has 1 saturated carbocycles. The molecule has 1 heterocycles. The zero-order chi connectivity index (χ0) is 15.1. The monoisotopic (exact) mass is 402 g/mol. The smallest absolute Gasteiger partial charge is 0.326 e. The summed E-state index contributed by atoms with van der Waals surface area (Å²) in [7, 11) is 0. The van der Waals surface area contributed by atoms with Gasteiger partial charge in [-0.15, -0.1) is 0 Å². The first-order valence-corrected chi connectivity index (χ1v) is 8.00. The molecule has 112 valence electrons. The van der Waals surface area contributed by atoms with Crippen molar-refractivity contribution in [3.8, 4) is 0 Å². The van der Waals surface area contributed by atoms with Crippen molar-refractivity contribution in [3.05, 3.63) is 31.9 Å². The summed E-state index contributed by atoms with van der Waals surface area (Å²) in [5.74, 6) is -0.427. The van der Waals surface area contributed by atoms with Gasteiger partial charge < -0.3 is 10.0 Å². The molecular formula is C14H15IN2O4. The predicted molar refractivity (Wildman–Crippen MR) is 85.4 cm³/mol. The van der Waals surface area contributed by atoms with Crippen LogP contribution in [0.1, 0.15) is 19.3 Å². The van der Waals surface area contributed by atoms with Crippen LogP contribution in [0.4, 0.5) is 11.4 Å². The van der Waals surface area contributed by atoms with Crippen molar-refractivity contribution < 1.29 is 14.8 Å². The average molecular weight is 402 g/mol. The van der Waals surface area contributed by atoms with E-state index in [9.17, 15) is 20.0 Å². The Hall–Kier alpha value is -1.38. The number of nitrogens with zero attached hydrogens (tertiary/aromatic N) is 2. The molecule has 3 unspecified atom stereocenters. The number of rotatable bonds is 3. The van der Waals surface area contributed by atoms with Crippen LogP contribution < -0.4 is 4.90 Å². The third kappa shape index (κ3) is 2.47. The van der Waals surface area contributed by atoms with Gasteiger partial charge in [-0.2, -0.15) is 0 Å². The molecule has 1 aliphatic heterocycles. The maximum atomic E-state index is 11.7. The highest BCUT2D eigenvalue weighted by Crippen LogP contribution is 2.46. The predicted octanol–water partition coefficient (Wildman–Crippen LogP) is 2.89. The van der Waals surface area contributed by atoms with E-state index in [1.165, 1.54) is 6.07 Å². The van der Waals surface area contributed by atoms with E-state index in [1.54, 1.807) is 17.0 Å². The van der Waals surface area contributed by atoms with Gasteiger partial charge in [0, 0.05) is 16.2 Å². The summed E-state index contributed by atoms with van der Waals surface area (Å²) in [5.41, 5.74) is 0.426. The number of fused-ring (bicyclic) bond motifs is 1. The molecule has 0 bridgehead atoms. The van der Waals surface area contributed by atoms with Gasteiger partial charge in [0.1, 0.15) is 11.7 Å². The van der Waals surface area contributed by atoms with Gasteiger partial charge in [0.2, 0.25) is 0 Å². The molecule has 2 fully saturated rings. The van der Waals surface area contributed by atoms with Crippen LogP contribution in [0, 0.1) is 25.5 Å². The molecular weight excluding hydrogens is 387 g/mol. The summed E-state index contributed by atoms with van der Waals surface area (Å²) in [6, 6.07) is 4.33. The van der Waals surface area contributed by atoms with Crippen molar-refractivity contribution in [2.24, 2.45) is 11.8 Å². The Labute approximate surface area is 135 Å². The molecule has 2 aliphatic rings.